The van der Waals surface area contributed by atoms with Crippen molar-refractivity contribution in [2.45, 2.75) is 32.0 Å². The van der Waals surface area contributed by atoms with Gasteiger partial charge in [0.15, 0.2) is 0 Å². The molecular formula is C19H16F3N3O2S. The Hall–Kier alpha value is -2.68. The predicted molar refractivity (Wildman–Crippen MR) is 96.4 cm³/mol. The van der Waals surface area contributed by atoms with Crippen molar-refractivity contribution in [3.8, 4) is 10.7 Å². The van der Waals surface area contributed by atoms with Crippen LogP contribution in [0.15, 0.2) is 40.9 Å². The summed E-state index contributed by atoms with van der Waals surface area (Å²) in [6, 6.07) is 8.77. The van der Waals surface area contributed by atoms with Crippen molar-refractivity contribution < 1.29 is 22.5 Å². The molecule has 0 atom stereocenters. The van der Waals surface area contributed by atoms with Gasteiger partial charge in [0.05, 0.1) is 23.4 Å². The molecule has 0 spiro atoms. The zero-order valence-electron chi connectivity index (χ0n) is 14.6. The maximum absolute atomic E-state index is 12.8. The van der Waals surface area contributed by atoms with Gasteiger partial charge in [-0.1, -0.05) is 23.4 Å². The Bertz CT molecular complexity index is 992. The van der Waals surface area contributed by atoms with E-state index in [9.17, 15) is 18.0 Å². The Balaban J connectivity index is 1.41. The van der Waals surface area contributed by atoms with Crippen molar-refractivity contribution in [3.05, 3.63) is 58.3 Å². The molecule has 1 saturated carbocycles. The smallest absolute Gasteiger partial charge is 0.351 e. The normalized spacial score (nSPS) is 14.2. The number of benzene rings is 1. The number of carbonyl (C=O) groups excluding carboxylic acids is 1. The van der Waals surface area contributed by atoms with Crippen LogP contribution in [-0.2, 0) is 23.9 Å². The lowest BCUT2D eigenvalue weighted by atomic mass is 10.1. The number of nitrogens with one attached hydrogen (secondary N) is 1. The summed E-state index contributed by atoms with van der Waals surface area (Å²) < 4.78 is 43.6. The Labute approximate surface area is 162 Å². The van der Waals surface area contributed by atoms with Crippen LogP contribution in [0.5, 0.6) is 0 Å². The first-order chi connectivity index (χ1) is 13.4. The van der Waals surface area contributed by atoms with Gasteiger partial charge in [0.1, 0.15) is 0 Å². The zero-order chi connectivity index (χ0) is 19.7. The second kappa shape index (κ2) is 7.38. The second-order valence-corrected chi connectivity index (χ2v) is 7.81. The van der Waals surface area contributed by atoms with Crippen molar-refractivity contribution in [3.63, 3.8) is 0 Å². The third-order valence-electron chi connectivity index (χ3n) is 4.34. The lowest BCUT2D eigenvalue weighted by molar-refractivity contribution is -0.137. The number of carbonyl (C=O) groups is 1. The van der Waals surface area contributed by atoms with E-state index >= 15 is 0 Å². The lowest BCUT2D eigenvalue weighted by Crippen LogP contribution is -2.23. The maximum atomic E-state index is 12.8. The fourth-order valence-corrected chi connectivity index (χ4v) is 3.59. The monoisotopic (exact) mass is 407 g/mol. The molecule has 28 heavy (non-hydrogen) atoms. The molecular weight excluding hydrogens is 391 g/mol. The molecule has 0 unspecified atom stereocenters. The van der Waals surface area contributed by atoms with Gasteiger partial charge in [-0.25, -0.2) is 0 Å². The van der Waals surface area contributed by atoms with Crippen molar-refractivity contribution in [1.82, 2.24) is 15.5 Å². The molecule has 1 fully saturated rings. The third-order valence-corrected chi connectivity index (χ3v) is 5.43. The molecule has 2 aromatic heterocycles. The summed E-state index contributed by atoms with van der Waals surface area (Å²) in [6.07, 6.45) is -2.36. The van der Waals surface area contributed by atoms with E-state index in [1.54, 1.807) is 6.07 Å². The molecule has 4 rings (SSSR count). The quantitative estimate of drug-likeness (QED) is 0.656. The van der Waals surface area contributed by atoms with Gasteiger partial charge < -0.3 is 9.84 Å². The number of nitrogens with zero attached hydrogens (tertiary/aromatic N) is 2. The Morgan fingerprint density at radius 3 is 2.82 bits per heavy atom. The minimum atomic E-state index is -4.39. The fraction of sp³-hybridized carbons (Fsp3) is 0.316. The highest BCUT2D eigenvalue weighted by Crippen LogP contribution is 2.31. The lowest BCUT2D eigenvalue weighted by Gasteiger charge is -2.07. The van der Waals surface area contributed by atoms with Gasteiger partial charge in [-0.15, -0.1) is 11.3 Å². The molecule has 0 radical (unpaired) electrons. The molecule has 1 amide bonds. The number of hydrogen-bond acceptors (Lipinski definition) is 5. The molecule has 0 aliphatic heterocycles. The summed E-state index contributed by atoms with van der Waals surface area (Å²) in [5.74, 6) is 0.867. The Morgan fingerprint density at radius 2 is 2.07 bits per heavy atom. The van der Waals surface area contributed by atoms with Gasteiger partial charge in [-0.3, -0.25) is 4.79 Å². The van der Waals surface area contributed by atoms with E-state index in [1.165, 1.54) is 17.4 Å². The molecule has 1 aliphatic rings. The van der Waals surface area contributed by atoms with E-state index in [4.69, 9.17) is 4.52 Å². The molecule has 2 heterocycles. The first-order valence-corrected chi connectivity index (χ1v) is 9.55. The third kappa shape index (κ3) is 4.41. The number of aromatic nitrogens is 2. The largest absolute Gasteiger partial charge is 0.416 e. The van der Waals surface area contributed by atoms with Crippen LogP contribution < -0.4 is 5.32 Å². The second-order valence-electron chi connectivity index (χ2n) is 6.64. The van der Waals surface area contributed by atoms with Crippen LogP contribution in [0.1, 0.15) is 34.7 Å². The van der Waals surface area contributed by atoms with Gasteiger partial charge in [0.2, 0.25) is 17.6 Å². The first-order valence-electron chi connectivity index (χ1n) is 8.74. The van der Waals surface area contributed by atoms with Gasteiger partial charge in [-0.05, 0) is 36.6 Å². The van der Waals surface area contributed by atoms with Crippen molar-refractivity contribution in [2.24, 2.45) is 5.92 Å². The summed E-state index contributed by atoms with van der Waals surface area (Å²) >= 11 is 1.44. The minimum absolute atomic E-state index is 0.0814. The average Bonchev–Trinajstić information content (AvgIpc) is 3.23. The van der Waals surface area contributed by atoms with Crippen LogP contribution in [0.2, 0.25) is 0 Å². The molecule has 0 saturated heterocycles. The fourth-order valence-electron chi connectivity index (χ4n) is 2.72. The molecule has 1 N–H and O–H groups in total. The van der Waals surface area contributed by atoms with E-state index in [1.807, 2.05) is 12.1 Å². The first kappa shape index (κ1) is 18.7. The Morgan fingerprint density at radius 1 is 1.25 bits per heavy atom. The highest BCUT2D eigenvalue weighted by Gasteiger charge is 2.30. The van der Waals surface area contributed by atoms with E-state index in [2.05, 4.69) is 15.5 Å². The number of halogens is 3. The SMILES string of the molecule is O=C(NCc1ccc(-c2noc(Cc3cccc(C(F)(F)F)c3)n2)s1)C1CC1. The number of thiophene rings is 1. The molecule has 146 valence electrons. The van der Waals surface area contributed by atoms with Crippen LogP contribution in [0.3, 0.4) is 0 Å². The number of amides is 1. The maximum Gasteiger partial charge on any atom is 0.416 e. The molecule has 0 bridgehead atoms. The van der Waals surface area contributed by atoms with E-state index < -0.39 is 11.7 Å². The van der Waals surface area contributed by atoms with E-state index in [0.717, 1.165) is 34.7 Å². The van der Waals surface area contributed by atoms with Crippen molar-refractivity contribution in [1.29, 1.82) is 0 Å². The molecule has 9 heteroatoms. The topological polar surface area (TPSA) is 68.0 Å². The highest BCUT2D eigenvalue weighted by atomic mass is 32.1. The highest BCUT2D eigenvalue weighted by molar-refractivity contribution is 7.15. The molecule has 1 aliphatic carbocycles. The van der Waals surface area contributed by atoms with Gasteiger partial charge in [0.25, 0.3) is 0 Å². The average molecular weight is 407 g/mol. The summed E-state index contributed by atoms with van der Waals surface area (Å²) in [6.45, 7) is 0.453. The van der Waals surface area contributed by atoms with Gasteiger partial charge in [0, 0.05) is 10.8 Å². The van der Waals surface area contributed by atoms with Crippen LogP contribution in [0.25, 0.3) is 10.7 Å². The zero-order valence-corrected chi connectivity index (χ0v) is 15.4. The van der Waals surface area contributed by atoms with Crippen LogP contribution in [0, 0.1) is 5.92 Å². The van der Waals surface area contributed by atoms with Crippen molar-refractivity contribution >= 4 is 17.2 Å². The predicted octanol–water partition coefficient (Wildman–Crippen LogP) is 4.43. The number of alkyl halides is 3. The van der Waals surface area contributed by atoms with Crippen LogP contribution >= 0.6 is 11.3 Å². The minimum Gasteiger partial charge on any atom is -0.351 e. The van der Waals surface area contributed by atoms with E-state index in [-0.39, 0.29) is 24.1 Å². The number of rotatable bonds is 6. The van der Waals surface area contributed by atoms with Crippen LogP contribution in [-0.4, -0.2) is 16.0 Å². The van der Waals surface area contributed by atoms with Gasteiger partial charge in [-0.2, -0.15) is 18.2 Å². The summed E-state index contributed by atoms with van der Waals surface area (Å²) in [5, 5.41) is 6.81. The molecule has 5 nitrogen and oxygen atoms in total. The number of hydrogen-bond donors (Lipinski definition) is 1. The van der Waals surface area contributed by atoms with E-state index in [0.29, 0.717) is 17.9 Å². The summed E-state index contributed by atoms with van der Waals surface area (Å²) in [4.78, 5) is 17.7. The van der Waals surface area contributed by atoms with Crippen molar-refractivity contribution in [2.75, 3.05) is 0 Å². The summed E-state index contributed by atoms with van der Waals surface area (Å²) in [5.41, 5.74) is -0.263. The van der Waals surface area contributed by atoms with Crippen LogP contribution in [0.4, 0.5) is 13.2 Å². The molecule has 3 aromatic rings. The van der Waals surface area contributed by atoms with Gasteiger partial charge >= 0.3 is 6.18 Å². The molecule has 1 aromatic carbocycles. The standard InChI is InChI=1S/C19H16F3N3O2S/c20-19(21,22)13-3-1-2-11(8-13)9-16-24-17(25-27-16)15-7-6-14(28-15)10-23-18(26)12-4-5-12/h1-3,6-8,12H,4-5,9-10H2,(H,23,26). The summed E-state index contributed by atoms with van der Waals surface area (Å²) in [7, 11) is 0. The Kier molecular flexibility index (Phi) is 4.92.